The number of hydrogen-bond acceptors (Lipinski definition) is 4. The molecule has 0 saturated carbocycles. The summed E-state index contributed by atoms with van der Waals surface area (Å²) in [5, 5.41) is 12.9. The lowest BCUT2D eigenvalue weighted by molar-refractivity contribution is 0.446. The van der Waals surface area contributed by atoms with Crippen LogP contribution in [0.2, 0.25) is 0 Å². The lowest BCUT2D eigenvalue weighted by Crippen LogP contribution is -2.17. The van der Waals surface area contributed by atoms with Gasteiger partial charge in [0.05, 0.1) is 28.0 Å². The number of imidazole rings is 2. The smallest absolute Gasteiger partial charge is 0.164 e. The summed E-state index contributed by atoms with van der Waals surface area (Å²) in [6, 6.07) is 53.2. The van der Waals surface area contributed by atoms with E-state index in [9.17, 15) is 5.11 Å². The van der Waals surface area contributed by atoms with Gasteiger partial charge in [0.1, 0.15) is 22.9 Å². The van der Waals surface area contributed by atoms with Crippen molar-refractivity contribution in [1.82, 2.24) is 24.1 Å². The number of nitrogens with zero attached hydrogens (tertiary/aromatic N) is 5. The molecule has 10 rings (SSSR count). The molecule has 7 aromatic carbocycles. The van der Waals surface area contributed by atoms with Gasteiger partial charge in [-0.3, -0.25) is 9.13 Å². The summed E-state index contributed by atoms with van der Waals surface area (Å²) in [4.78, 5) is 16.6. The molecular weight excluding hydrogens is 963 g/mol. The maximum Gasteiger partial charge on any atom is 0.164 e. The molecule has 0 saturated heterocycles. The minimum Gasteiger partial charge on any atom is -0.507 e. The predicted octanol–water partition coefficient (Wildman–Crippen LogP) is 20.2. The van der Waals surface area contributed by atoms with Crippen molar-refractivity contribution in [2.75, 3.05) is 0 Å². The zero-order valence-corrected chi connectivity index (χ0v) is 49.9. The van der Waals surface area contributed by atoms with Gasteiger partial charge in [-0.25, -0.2) is 15.0 Å². The number of hydrogen-bond donors (Lipinski definition) is 1. The molecule has 0 aliphatic rings. The van der Waals surface area contributed by atoms with Crippen molar-refractivity contribution in [2.24, 2.45) is 0 Å². The Hall–Kier alpha value is -7.57. The van der Waals surface area contributed by atoms with Gasteiger partial charge in [-0.1, -0.05) is 203 Å². The van der Waals surface area contributed by atoms with Gasteiger partial charge < -0.3 is 5.11 Å². The fraction of sp³-hybridized carbons (Fsp3) is 0.329. The Labute approximate surface area is 470 Å². The van der Waals surface area contributed by atoms with Crippen LogP contribution in [0.25, 0.3) is 89.7 Å². The highest BCUT2D eigenvalue weighted by Crippen LogP contribution is 2.48. The molecule has 0 bridgehead atoms. The van der Waals surface area contributed by atoms with Crippen molar-refractivity contribution in [3.05, 3.63) is 191 Å². The molecule has 0 atom stereocenters. The Morgan fingerprint density at radius 3 is 1.39 bits per heavy atom. The van der Waals surface area contributed by atoms with Gasteiger partial charge >= 0.3 is 0 Å². The fourth-order valence-electron chi connectivity index (χ4n) is 11.4. The average Bonchev–Trinajstić information content (AvgIpc) is 4.22. The highest BCUT2D eigenvalue weighted by molar-refractivity contribution is 5.98. The topological polar surface area (TPSA) is 68.8 Å². The molecule has 6 heteroatoms. The van der Waals surface area contributed by atoms with Crippen molar-refractivity contribution in [3.63, 3.8) is 0 Å². The van der Waals surface area contributed by atoms with Crippen LogP contribution in [0.15, 0.2) is 152 Å². The highest BCUT2D eigenvalue weighted by atomic mass is 16.3. The summed E-state index contributed by atoms with van der Waals surface area (Å²) >= 11 is 0. The summed E-state index contributed by atoms with van der Waals surface area (Å²) < 4.78 is 4.75. The molecule has 0 amide bonds. The van der Waals surface area contributed by atoms with E-state index < -0.39 is 0 Å². The summed E-state index contributed by atoms with van der Waals surface area (Å²) in [5.74, 6) is 2.55. The summed E-state index contributed by atoms with van der Waals surface area (Å²) in [5.41, 5.74) is 21.7. The number of fused-ring (bicyclic) bond motifs is 2. The molecule has 3 aromatic heterocycles. The normalized spacial score (nSPS) is 12.6. The van der Waals surface area contributed by atoms with Crippen LogP contribution in [0.3, 0.4) is 0 Å². The SMILES string of the molecule is CC(C)c1cc(-c2ccccc2)cc(C(C)C)c1-n1c(-c2cc(C(C)(C)C)cc(C(C)(C)C)c2O)nc2c(-c3cc(-c4nc5cccnc5n4-c4c(C(C)C)cc(-c5ccccc5)cc4C(C)C)cc(C(C)(C)C)c3)cccc21. The number of para-hydroxylation sites is 1. The monoisotopic (exact) mass is 1040 g/mol. The summed E-state index contributed by atoms with van der Waals surface area (Å²) in [6.07, 6.45) is 1.89. The van der Waals surface area contributed by atoms with Gasteiger partial charge in [-0.2, -0.15) is 0 Å². The molecule has 79 heavy (non-hydrogen) atoms. The van der Waals surface area contributed by atoms with E-state index in [1.54, 1.807) is 0 Å². The molecule has 0 aliphatic heterocycles. The second-order valence-electron chi connectivity index (χ2n) is 26.4. The second-order valence-corrected chi connectivity index (χ2v) is 26.4. The van der Waals surface area contributed by atoms with Crippen molar-refractivity contribution < 1.29 is 5.11 Å². The largest absolute Gasteiger partial charge is 0.507 e. The summed E-state index contributed by atoms with van der Waals surface area (Å²) in [6.45, 7) is 38.6. The van der Waals surface area contributed by atoms with Crippen LogP contribution < -0.4 is 0 Å². The number of pyridine rings is 1. The number of aromatic hydroxyl groups is 1. The molecule has 0 radical (unpaired) electrons. The minimum absolute atomic E-state index is 0.158. The molecule has 1 N–H and O–H groups in total. The Bertz CT molecular complexity index is 3840. The van der Waals surface area contributed by atoms with Gasteiger partial charge in [0, 0.05) is 22.9 Å². The molecular formula is C73H81N5O. The highest BCUT2D eigenvalue weighted by Gasteiger charge is 2.32. The van der Waals surface area contributed by atoms with Crippen LogP contribution in [0.5, 0.6) is 5.75 Å². The lowest BCUT2D eigenvalue weighted by atomic mass is 9.78. The minimum atomic E-state index is -0.350. The third-order valence-corrected chi connectivity index (χ3v) is 16.0. The zero-order chi connectivity index (χ0) is 56.6. The van der Waals surface area contributed by atoms with E-state index >= 15 is 0 Å². The van der Waals surface area contributed by atoms with Gasteiger partial charge in [0.2, 0.25) is 0 Å². The first-order chi connectivity index (χ1) is 37.3. The van der Waals surface area contributed by atoms with E-state index in [-0.39, 0.29) is 45.7 Å². The van der Waals surface area contributed by atoms with E-state index in [4.69, 9.17) is 15.0 Å². The van der Waals surface area contributed by atoms with E-state index in [2.05, 4.69) is 266 Å². The number of benzene rings is 7. The van der Waals surface area contributed by atoms with Gasteiger partial charge in [-0.05, 0) is 162 Å². The Kier molecular flexibility index (Phi) is 14.3. The standard InChI is InChI=1S/C73H81N5O/c1-43(2)56-37-49(47-26-20-18-21-27-47)38-57(44(3)4)65(56)77-63-32-24-30-55(64(63)76-69(77)60-41-54(72(12,13)14)42-61(67(60)79)73(15,16)17)51-34-52(36-53(35-51)71(9,10)11)68-75-62-31-25-33-74-70(62)78(68)66-58(45(5)6)39-50(40-59(66)46(7)8)48-28-22-19-23-29-48/h18-46,79H,1-17H3. The number of rotatable bonds is 11. The number of phenolic OH excluding ortho intramolecular Hbond substituents is 1. The first-order valence-electron chi connectivity index (χ1n) is 28.7. The average molecular weight is 1040 g/mol. The molecule has 0 spiro atoms. The molecule has 404 valence electrons. The van der Waals surface area contributed by atoms with Gasteiger partial charge in [-0.15, -0.1) is 0 Å². The van der Waals surface area contributed by atoms with E-state index in [0.717, 1.165) is 72.8 Å². The molecule has 6 nitrogen and oxygen atoms in total. The van der Waals surface area contributed by atoms with Crippen LogP contribution in [-0.2, 0) is 16.2 Å². The maximum atomic E-state index is 12.9. The number of phenols is 1. The third-order valence-electron chi connectivity index (χ3n) is 16.0. The van der Waals surface area contributed by atoms with Crippen LogP contribution in [0.1, 0.15) is 180 Å². The maximum absolute atomic E-state index is 12.9. The van der Waals surface area contributed by atoms with E-state index in [1.165, 1.54) is 50.1 Å². The Morgan fingerprint density at radius 2 is 0.899 bits per heavy atom. The molecule has 0 aliphatic carbocycles. The Balaban J connectivity index is 1.31. The Morgan fingerprint density at radius 1 is 0.405 bits per heavy atom. The predicted molar refractivity (Wildman–Crippen MR) is 335 cm³/mol. The van der Waals surface area contributed by atoms with Crippen LogP contribution >= 0.6 is 0 Å². The van der Waals surface area contributed by atoms with Crippen molar-refractivity contribution in [2.45, 2.75) is 158 Å². The molecule has 3 heterocycles. The zero-order valence-electron chi connectivity index (χ0n) is 49.9. The van der Waals surface area contributed by atoms with E-state index in [0.29, 0.717) is 5.82 Å². The number of aromatic nitrogens is 5. The van der Waals surface area contributed by atoms with E-state index in [1.807, 2.05) is 12.3 Å². The van der Waals surface area contributed by atoms with Gasteiger partial charge in [0.15, 0.2) is 5.65 Å². The second kappa shape index (κ2) is 20.6. The molecule has 10 aromatic rings. The van der Waals surface area contributed by atoms with Crippen molar-refractivity contribution >= 4 is 22.2 Å². The summed E-state index contributed by atoms with van der Waals surface area (Å²) in [7, 11) is 0. The van der Waals surface area contributed by atoms with Crippen molar-refractivity contribution in [1.29, 1.82) is 0 Å². The first kappa shape index (κ1) is 54.8. The quantitative estimate of drug-likeness (QED) is 0.140. The van der Waals surface area contributed by atoms with Crippen molar-refractivity contribution in [3.8, 4) is 73.3 Å². The van der Waals surface area contributed by atoms with Crippen LogP contribution in [0.4, 0.5) is 0 Å². The van der Waals surface area contributed by atoms with Crippen LogP contribution in [0, 0.1) is 0 Å². The fourth-order valence-corrected chi connectivity index (χ4v) is 11.4. The van der Waals surface area contributed by atoms with Crippen LogP contribution in [-0.4, -0.2) is 29.2 Å². The third kappa shape index (κ3) is 10.2. The molecule has 0 unspecified atom stereocenters. The molecule has 0 fully saturated rings. The van der Waals surface area contributed by atoms with Gasteiger partial charge in [0.25, 0.3) is 0 Å². The first-order valence-corrected chi connectivity index (χ1v) is 28.7. The lowest BCUT2D eigenvalue weighted by Gasteiger charge is -2.28.